The minimum Gasteiger partial charge on any atom is -0.298 e. The van der Waals surface area contributed by atoms with E-state index in [0.717, 1.165) is 33.5 Å². The fourth-order valence-electron chi connectivity index (χ4n) is 3.76. The molecular weight excluding hydrogens is 310 g/mol. The van der Waals surface area contributed by atoms with E-state index < -0.39 is 5.92 Å². The highest BCUT2D eigenvalue weighted by molar-refractivity contribution is 6.23. The number of allylic oxidation sites excluding steroid dienone is 2. The van der Waals surface area contributed by atoms with Gasteiger partial charge in [-0.1, -0.05) is 23.8 Å². The molecule has 1 atom stereocenters. The predicted molar refractivity (Wildman–Crippen MR) is 98.8 cm³/mol. The first-order valence-electron chi connectivity index (χ1n) is 8.62. The van der Waals surface area contributed by atoms with Crippen LogP contribution in [-0.2, 0) is 16.0 Å². The van der Waals surface area contributed by atoms with Crippen molar-refractivity contribution in [2.75, 3.05) is 0 Å². The smallest absolute Gasteiger partial charge is 0.173 e. The van der Waals surface area contributed by atoms with E-state index in [1.807, 2.05) is 58.0 Å². The van der Waals surface area contributed by atoms with Crippen molar-refractivity contribution in [3.8, 4) is 0 Å². The summed E-state index contributed by atoms with van der Waals surface area (Å²) in [7, 11) is 0. The van der Waals surface area contributed by atoms with Gasteiger partial charge in [0.05, 0.1) is 0 Å². The molecule has 0 radical (unpaired) electrons. The monoisotopic (exact) mass is 333 g/mol. The maximum Gasteiger partial charge on any atom is 0.173 e. The van der Waals surface area contributed by atoms with Crippen LogP contribution in [0.15, 0.2) is 42.1 Å². The van der Waals surface area contributed by atoms with Gasteiger partial charge in [-0.15, -0.1) is 0 Å². The van der Waals surface area contributed by atoms with E-state index in [1.165, 1.54) is 0 Å². The van der Waals surface area contributed by atoms with Gasteiger partial charge in [-0.3, -0.25) is 14.6 Å². The number of pyridine rings is 1. The molecule has 1 aliphatic carbocycles. The molecule has 0 saturated heterocycles. The number of Topliss-reactive ketones (excluding diaryl/α,β-unsaturated/α-hetero) is 2. The van der Waals surface area contributed by atoms with E-state index in [1.54, 1.807) is 6.20 Å². The molecule has 0 bridgehead atoms. The van der Waals surface area contributed by atoms with Crippen LogP contribution >= 0.6 is 0 Å². The van der Waals surface area contributed by atoms with Crippen LogP contribution in [0, 0.1) is 27.7 Å². The summed E-state index contributed by atoms with van der Waals surface area (Å²) in [4.78, 5) is 29.8. The highest BCUT2D eigenvalue weighted by atomic mass is 16.2. The summed E-state index contributed by atoms with van der Waals surface area (Å²) in [6.07, 6.45) is 4.45. The third kappa shape index (κ3) is 3.46. The fourth-order valence-corrected chi connectivity index (χ4v) is 3.76. The molecule has 3 heteroatoms. The average molecular weight is 333 g/mol. The van der Waals surface area contributed by atoms with Gasteiger partial charge in [-0.2, -0.15) is 0 Å². The Morgan fingerprint density at radius 2 is 1.72 bits per heavy atom. The standard InChI is InChI=1S/C22H23NO2/c1-13-7-8-23-18(11-13)6-5-17-12-19(24)21(22(17)25)20-15(3)9-14(2)10-16(20)4/h5,7-11,21H,6,12H2,1-4H3/b17-5+. The minimum absolute atomic E-state index is 0.00324. The zero-order chi connectivity index (χ0) is 18.1. The first-order valence-corrected chi connectivity index (χ1v) is 8.62. The lowest BCUT2D eigenvalue weighted by atomic mass is 9.87. The summed E-state index contributed by atoms with van der Waals surface area (Å²) in [5, 5.41) is 0. The Morgan fingerprint density at radius 1 is 1.04 bits per heavy atom. The molecule has 1 saturated carbocycles. The third-order valence-electron chi connectivity index (χ3n) is 4.82. The second-order valence-corrected chi connectivity index (χ2v) is 7.01. The molecule has 25 heavy (non-hydrogen) atoms. The van der Waals surface area contributed by atoms with Crippen LogP contribution in [0.3, 0.4) is 0 Å². The number of hydrogen-bond acceptors (Lipinski definition) is 3. The van der Waals surface area contributed by atoms with Crippen LogP contribution in [0.1, 0.15) is 45.8 Å². The molecule has 1 heterocycles. The summed E-state index contributed by atoms with van der Waals surface area (Å²) >= 11 is 0. The Balaban J connectivity index is 1.89. The third-order valence-corrected chi connectivity index (χ3v) is 4.82. The highest BCUT2D eigenvalue weighted by Crippen LogP contribution is 2.36. The van der Waals surface area contributed by atoms with Crippen LogP contribution < -0.4 is 0 Å². The average Bonchev–Trinajstić information content (AvgIpc) is 2.80. The molecule has 1 aromatic heterocycles. The predicted octanol–water partition coefficient (Wildman–Crippen LogP) is 4.11. The van der Waals surface area contributed by atoms with Crippen LogP contribution in [0.5, 0.6) is 0 Å². The lowest BCUT2D eigenvalue weighted by molar-refractivity contribution is -0.123. The molecule has 0 spiro atoms. The lowest BCUT2D eigenvalue weighted by Gasteiger charge is -2.15. The van der Waals surface area contributed by atoms with Gasteiger partial charge in [0.2, 0.25) is 0 Å². The van der Waals surface area contributed by atoms with Crippen molar-refractivity contribution in [2.45, 2.75) is 46.5 Å². The first kappa shape index (κ1) is 17.3. The van der Waals surface area contributed by atoms with Gasteiger partial charge in [0.25, 0.3) is 0 Å². The normalized spacial score (nSPS) is 19.0. The van der Waals surface area contributed by atoms with Gasteiger partial charge in [0, 0.05) is 30.3 Å². The zero-order valence-electron chi connectivity index (χ0n) is 15.2. The van der Waals surface area contributed by atoms with E-state index in [2.05, 4.69) is 4.98 Å². The summed E-state index contributed by atoms with van der Waals surface area (Å²) in [6.45, 7) is 8.01. The molecular formula is C22H23NO2. The molecule has 2 aromatic rings. The van der Waals surface area contributed by atoms with E-state index in [9.17, 15) is 9.59 Å². The number of carbonyl (C=O) groups is 2. The molecule has 1 unspecified atom stereocenters. The van der Waals surface area contributed by atoms with Crippen LogP contribution in [0.25, 0.3) is 0 Å². The van der Waals surface area contributed by atoms with Crippen LogP contribution in [-0.4, -0.2) is 16.6 Å². The largest absolute Gasteiger partial charge is 0.298 e. The van der Waals surface area contributed by atoms with Crippen molar-refractivity contribution >= 4 is 11.6 Å². The quantitative estimate of drug-likeness (QED) is 0.627. The van der Waals surface area contributed by atoms with Gasteiger partial charge < -0.3 is 0 Å². The molecule has 0 aliphatic heterocycles. The van der Waals surface area contributed by atoms with Gasteiger partial charge in [-0.05, 0) is 62.1 Å². The number of carbonyl (C=O) groups excluding carboxylic acids is 2. The number of hydrogen-bond donors (Lipinski definition) is 0. The SMILES string of the molecule is Cc1ccnc(C/C=C2\CC(=O)C(c3c(C)cc(C)cc3C)C2=O)c1. The molecule has 3 nitrogen and oxygen atoms in total. The second kappa shape index (κ2) is 6.75. The van der Waals surface area contributed by atoms with Crippen molar-refractivity contribution < 1.29 is 9.59 Å². The molecule has 1 aliphatic rings. The van der Waals surface area contributed by atoms with Crippen molar-refractivity contribution in [1.29, 1.82) is 0 Å². The van der Waals surface area contributed by atoms with Crippen LogP contribution in [0.2, 0.25) is 0 Å². The van der Waals surface area contributed by atoms with E-state index in [-0.39, 0.29) is 18.0 Å². The van der Waals surface area contributed by atoms with Crippen molar-refractivity contribution in [2.24, 2.45) is 0 Å². The van der Waals surface area contributed by atoms with E-state index in [0.29, 0.717) is 12.0 Å². The zero-order valence-corrected chi connectivity index (χ0v) is 15.2. The Morgan fingerprint density at radius 3 is 2.36 bits per heavy atom. The number of aryl methyl sites for hydroxylation is 4. The Bertz CT molecular complexity index is 870. The Kier molecular flexibility index (Phi) is 4.67. The topological polar surface area (TPSA) is 47.0 Å². The minimum atomic E-state index is -0.641. The number of ketones is 2. The van der Waals surface area contributed by atoms with Crippen molar-refractivity contribution in [3.63, 3.8) is 0 Å². The molecule has 3 rings (SSSR count). The maximum atomic E-state index is 12.9. The Hall–Kier alpha value is -2.55. The molecule has 0 amide bonds. The maximum absolute atomic E-state index is 12.9. The highest BCUT2D eigenvalue weighted by Gasteiger charge is 2.39. The first-order chi connectivity index (χ1) is 11.9. The summed E-state index contributed by atoms with van der Waals surface area (Å²) in [5.74, 6) is -0.687. The molecule has 0 N–H and O–H groups in total. The second-order valence-electron chi connectivity index (χ2n) is 7.01. The number of aromatic nitrogens is 1. The van der Waals surface area contributed by atoms with Gasteiger partial charge in [-0.25, -0.2) is 0 Å². The summed E-state index contributed by atoms with van der Waals surface area (Å²) < 4.78 is 0. The summed E-state index contributed by atoms with van der Waals surface area (Å²) in [6, 6.07) is 8.03. The van der Waals surface area contributed by atoms with Gasteiger partial charge in [0.15, 0.2) is 11.6 Å². The summed E-state index contributed by atoms with van der Waals surface area (Å²) in [5.41, 5.74) is 6.75. The molecule has 128 valence electrons. The van der Waals surface area contributed by atoms with E-state index in [4.69, 9.17) is 0 Å². The van der Waals surface area contributed by atoms with Gasteiger partial charge in [0.1, 0.15) is 5.92 Å². The number of nitrogens with zero attached hydrogens (tertiary/aromatic N) is 1. The lowest BCUT2D eigenvalue weighted by Crippen LogP contribution is -2.15. The van der Waals surface area contributed by atoms with Gasteiger partial charge >= 0.3 is 0 Å². The fraction of sp³-hybridized carbons (Fsp3) is 0.318. The van der Waals surface area contributed by atoms with E-state index >= 15 is 0 Å². The van der Waals surface area contributed by atoms with Crippen molar-refractivity contribution in [1.82, 2.24) is 4.98 Å². The molecule has 1 aromatic carbocycles. The van der Waals surface area contributed by atoms with Crippen LogP contribution in [0.4, 0.5) is 0 Å². The number of benzene rings is 1. The molecule has 1 fully saturated rings. The van der Waals surface area contributed by atoms with Crippen molar-refractivity contribution in [3.05, 3.63) is 75.6 Å². The number of rotatable bonds is 3. The Labute approximate surface area is 148 Å².